The Morgan fingerprint density at radius 1 is 1.21 bits per heavy atom. The van der Waals surface area contributed by atoms with Gasteiger partial charge >= 0.3 is 5.97 Å². The molecule has 1 atom stereocenters. The molecule has 3 heterocycles. The fraction of sp³-hybridized carbons (Fsp3) is 0.455. The number of nitrogens with zero attached hydrogens (tertiary/aromatic N) is 2. The lowest BCUT2D eigenvalue weighted by atomic mass is 9.77. The van der Waals surface area contributed by atoms with E-state index < -0.39 is 5.54 Å². The first-order valence-corrected chi connectivity index (χ1v) is 9.74. The molecule has 1 amide bonds. The molecule has 148 valence electrons. The molecular formula is C22H26N2O4. The van der Waals surface area contributed by atoms with E-state index in [1.807, 2.05) is 31.3 Å². The molecule has 6 heteroatoms. The van der Waals surface area contributed by atoms with Crippen molar-refractivity contribution >= 4 is 11.9 Å². The van der Waals surface area contributed by atoms with Crippen molar-refractivity contribution in [2.24, 2.45) is 5.92 Å². The number of hydrogen-bond acceptors (Lipinski definition) is 5. The number of hydrogen-bond donors (Lipinski definition) is 0. The molecule has 0 N–H and O–H groups in total. The highest BCUT2D eigenvalue weighted by Crippen LogP contribution is 2.43. The summed E-state index contributed by atoms with van der Waals surface area (Å²) in [5, 5.41) is 0. The molecule has 2 fully saturated rings. The van der Waals surface area contributed by atoms with E-state index in [0.29, 0.717) is 0 Å². The van der Waals surface area contributed by atoms with Gasteiger partial charge < -0.3 is 14.1 Å². The normalized spacial score (nSPS) is 22.0. The summed E-state index contributed by atoms with van der Waals surface area (Å²) in [6.07, 6.45) is 3.50. The predicted molar refractivity (Wildman–Crippen MR) is 104 cm³/mol. The van der Waals surface area contributed by atoms with E-state index in [4.69, 9.17) is 9.15 Å². The zero-order chi connectivity index (χ0) is 19.7. The molecule has 0 radical (unpaired) electrons. The molecule has 2 saturated heterocycles. The van der Waals surface area contributed by atoms with E-state index in [0.717, 1.165) is 43.8 Å². The van der Waals surface area contributed by atoms with Gasteiger partial charge in [-0.3, -0.25) is 14.5 Å². The zero-order valence-electron chi connectivity index (χ0n) is 16.4. The third-order valence-corrected chi connectivity index (χ3v) is 6.48. The van der Waals surface area contributed by atoms with Crippen molar-refractivity contribution in [1.29, 1.82) is 0 Å². The van der Waals surface area contributed by atoms with Gasteiger partial charge in [-0.2, -0.15) is 0 Å². The molecule has 4 rings (SSSR count). The molecule has 1 aromatic heterocycles. The molecule has 2 aliphatic heterocycles. The van der Waals surface area contributed by atoms with Crippen LogP contribution in [0.15, 0.2) is 47.1 Å². The Kier molecular flexibility index (Phi) is 4.98. The van der Waals surface area contributed by atoms with Gasteiger partial charge in [0.25, 0.3) is 0 Å². The maximum atomic E-state index is 12.3. The van der Waals surface area contributed by atoms with Crippen molar-refractivity contribution in [3.63, 3.8) is 0 Å². The van der Waals surface area contributed by atoms with Gasteiger partial charge in [-0.15, -0.1) is 0 Å². The van der Waals surface area contributed by atoms with Gasteiger partial charge in [0.05, 0.1) is 24.8 Å². The highest BCUT2D eigenvalue weighted by Gasteiger charge is 2.55. The average molecular weight is 382 g/mol. The molecule has 0 bridgehead atoms. The number of piperidine rings is 1. The minimum absolute atomic E-state index is 0.0343. The van der Waals surface area contributed by atoms with Crippen LogP contribution in [-0.2, 0) is 20.9 Å². The summed E-state index contributed by atoms with van der Waals surface area (Å²) in [6.45, 7) is 2.47. The minimum Gasteiger partial charge on any atom is -0.469 e. The van der Waals surface area contributed by atoms with Crippen LogP contribution in [0.2, 0.25) is 0 Å². The fourth-order valence-electron chi connectivity index (χ4n) is 4.78. The van der Waals surface area contributed by atoms with Gasteiger partial charge in [-0.05, 0) is 30.5 Å². The summed E-state index contributed by atoms with van der Waals surface area (Å²) in [7, 11) is 3.23. The average Bonchev–Trinajstić information content (AvgIpc) is 3.33. The van der Waals surface area contributed by atoms with Crippen LogP contribution in [0.25, 0.3) is 11.3 Å². The number of esters is 1. The quantitative estimate of drug-likeness (QED) is 0.761. The van der Waals surface area contributed by atoms with Crippen molar-refractivity contribution in [2.45, 2.75) is 31.3 Å². The van der Waals surface area contributed by atoms with E-state index in [-0.39, 0.29) is 24.2 Å². The molecule has 6 nitrogen and oxygen atoms in total. The van der Waals surface area contributed by atoms with Gasteiger partial charge in [0.15, 0.2) is 0 Å². The van der Waals surface area contributed by atoms with Crippen LogP contribution in [0.4, 0.5) is 0 Å². The van der Waals surface area contributed by atoms with Gasteiger partial charge in [0.1, 0.15) is 5.76 Å². The van der Waals surface area contributed by atoms with Crippen molar-refractivity contribution in [1.82, 2.24) is 9.80 Å². The smallest absolute Gasteiger partial charge is 0.311 e. The summed E-state index contributed by atoms with van der Waals surface area (Å²) in [4.78, 5) is 28.8. The Balaban J connectivity index is 1.49. The highest BCUT2D eigenvalue weighted by atomic mass is 16.5. The molecular weight excluding hydrogens is 356 g/mol. The summed E-state index contributed by atoms with van der Waals surface area (Å²) in [6, 6.07) is 12.2. The number of methoxy groups -OCH3 is 1. The lowest BCUT2D eigenvalue weighted by Gasteiger charge is -2.45. The number of carbonyl (C=O) groups is 2. The minimum atomic E-state index is -0.415. The standard InChI is InChI=1S/C22H26N2O4/c1-23-20(25)14-18(21(26)27-2)22(23)9-11-24(12-10-22)15-16-6-3-4-7-17(16)19-8-5-13-28-19/h3-8,13,18H,9-12,14-15H2,1-2H3. The number of furan rings is 1. The van der Waals surface area contributed by atoms with Crippen LogP contribution in [-0.4, -0.2) is 54.5 Å². The Morgan fingerprint density at radius 2 is 1.96 bits per heavy atom. The molecule has 2 aromatic rings. The number of carbonyl (C=O) groups excluding carboxylic acids is 2. The molecule has 1 unspecified atom stereocenters. The zero-order valence-corrected chi connectivity index (χ0v) is 16.4. The SMILES string of the molecule is COC(=O)C1CC(=O)N(C)C12CCN(Cc1ccccc1-c1ccco1)CC2. The molecule has 0 saturated carbocycles. The molecule has 28 heavy (non-hydrogen) atoms. The van der Waals surface area contributed by atoms with E-state index in [1.54, 1.807) is 11.2 Å². The van der Waals surface area contributed by atoms with Crippen LogP contribution in [0.1, 0.15) is 24.8 Å². The van der Waals surface area contributed by atoms with Crippen LogP contribution in [0.5, 0.6) is 0 Å². The van der Waals surface area contributed by atoms with E-state index >= 15 is 0 Å². The summed E-state index contributed by atoms with van der Waals surface area (Å²) >= 11 is 0. The molecule has 1 spiro atoms. The first kappa shape index (κ1) is 18.7. The predicted octanol–water partition coefficient (Wildman–Crippen LogP) is 2.93. The van der Waals surface area contributed by atoms with Gasteiger partial charge in [0.2, 0.25) is 5.91 Å². The number of ether oxygens (including phenoxy) is 1. The van der Waals surface area contributed by atoms with E-state index in [2.05, 4.69) is 17.0 Å². The lowest BCUT2D eigenvalue weighted by molar-refractivity contribution is -0.149. The second-order valence-electron chi connectivity index (χ2n) is 7.75. The Morgan fingerprint density at radius 3 is 2.64 bits per heavy atom. The Hall–Kier alpha value is -2.60. The van der Waals surface area contributed by atoms with Gasteiger partial charge in [0, 0.05) is 38.7 Å². The first-order valence-electron chi connectivity index (χ1n) is 9.74. The molecule has 1 aromatic carbocycles. The van der Waals surface area contributed by atoms with Crippen LogP contribution < -0.4 is 0 Å². The monoisotopic (exact) mass is 382 g/mol. The van der Waals surface area contributed by atoms with Crippen molar-refractivity contribution < 1.29 is 18.7 Å². The second-order valence-corrected chi connectivity index (χ2v) is 7.75. The molecule has 0 aliphatic carbocycles. The van der Waals surface area contributed by atoms with Crippen LogP contribution in [0.3, 0.4) is 0 Å². The first-order chi connectivity index (χ1) is 13.5. The second kappa shape index (κ2) is 7.43. The van der Waals surface area contributed by atoms with Gasteiger partial charge in [-0.25, -0.2) is 0 Å². The van der Waals surface area contributed by atoms with Crippen molar-refractivity contribution in [3.8, 4) is 11.3 Å². The van der Waals surface area contributed by atoms with E-state index in [1.165, 1.54) is 12.7 Å². The number of amides is 1. The summed E-state index contributed by atoms with van der Waals surface area (Å²) in [5.41, 5.74) is 1.91. The maximum Gasteiger partial charge on any atom is 0.311 e. The number of rotatable bonds is 4. The molecule has 2 aliphatic rings. The largest absolute Gasteiger partial charge is 0.469 e. The van der Waals surface area contributed by atoms with Crippen LogP contribution in [0, 0.1) is 5.92 Å². The summed E-state index contributed by atoms with van der Waals surface area (Å²) in [5.74, 6) is 0.268. The topological polar surface area (TPSA) is 63.0 Å². The number of benzene rings is 1. The van der Waals surface area contributed by atoms with E-state index in [9.17, 15) is 9.59 Å². The Bertz CT molecular complexity index is 853. The number of likely N-dealkylation sites (tertiary alicyclic amines) is 2. The van der Waals surface area contributed by atoms with Crippen molar-refractivity contribution in [2.75, 3.05) is 27.2 Å². The third-order valence-electron chi connectivity index (χ3n) is 6.48. The third kappa shape index (κ3) is 3.11. The summed E-state index contributed by atoms with van der Waals surface area (Å²) < 4.78 is 10.6. The van der Waals surface area contributed by atoms with Crippen LogP contribution >= 0.6 is 0 Å². The maximum absolute atomic E-state index is 12.3. The lowest BCUT2D eigenvalue weighted by Crippen LogP contribution is -2.56. The highest BCUT2D eigenvalue weighted by molar-refractivity contribution is 5.88. The van der Waals surface area contributed by atoms with Gasteiger partial charge in [-0.1, -0.05) is 24.3 Å². The van der Waals surface area contributed by atoms with Crippen molar-refractivity contribution in [3.05, 3.63) is 48.2 Å². The Labute approximate surface area is 165 Å². The fourth-order valence-corrected chi connectivity index (χ4v) is 4.78.